The number of ether oxygens (including phenoxy) is 3. The summed E-state index contributed by atoms with van der Waals surface area (Å²) in [6.07, 6.45) is 47.9. The predicted octanol–water partition coefficient (Wildman–Crippen LogP) is 14.3. The number of thioether (sulfide) groups is 1. The molecular formula is C69H132N6O11S. The Labute approximate surface area is 534 Å². The minimum atomic E-state index is -1.56. The van der Waals surface area contributed by atoms with Crippen molar-refractivity contribution in [3.8, 4) is 0 Å². The second kappa shape index (κ2) is 62.7. The van der Waals surface area contributed by atoms with Crippen molar-refractivity contribution >= 4 is 53.4 Å². The van der Waals surface area contributed by atoms with E-state index in [0.29, 0.717) is 58.0 Å². The maximum atomic E-state index is 14.4. The Bertz CT molecular complexity index is 1680. The molecule has 10 N–H and O–H groups in total. The van der Waals surface area contributed by atoms with Gasteiger partial charge in [0.05, 0.1) is 0 Å². The van der Waals surface area contributed by atoms with Crippen LogP contribution in [0, 0.1) is 0 Å². The lowest BCUT2D eigenvalue weighted by Crippen LogP contribution is -2.58. The molecule has 0 aromatic carbocycles. The molecule has 0 heterocycles. The van der Waals surface area contributed by atoms with Crippen molar-refractivity contribution in [3.63, 3.8) is 0 Å². The van der Waals surface area contributed by atoms with Crippen molar-refractivity contribution in [2.45, 2.75) is 359 Å². The van der Waals surface area contributed by atoms with E-state index in [1.165, 1.54) is 179 Å². The van der Waals surface area contributed by atoms with Crippen LogP contribution in [0.2, 0.25) is 0 Å². The fraction of sp³-hybridized carbons (Fsp3) is 0.899. The quantitative estimate of drug-likeness (QED) is 0.0169. The van der Waals surface area contributed by atoms with Gasteiger partial charge in [-0.3, -0.25) is 28.8 Å². The summed E-state index contributed by atoms with van der Waals surface area (Å²) in [4.78, 5) is 93.8. The van der Waals surface area contributed by atoms with E-state index in [0.717, 1.165) is 64.2 Å². The summed E-state index contributed by atoms with van der Waals surface area (Å²) in [6, 6.07) is -5.14. The van der Waals surface area contributed by atoms with Gasteiger partial charge in [-0.1, -0.05) is 258 Å². The van der Waals surface area contributed by atoms with Gasteiger partial charge in [-0.25, -0.2) is 4.79 Å². The van der Waals surface area contributed by atoms with Crippen LogP contribution < -0.4 is 33.2 Å². The first kappa shape index (κ1) is 83.5. The second-order valence-electron chi connectivity index (χ2n) is 24.7. The number of carboxylic acid groups (broad SMARTS) is 1. The predicted molar refractivity (Wildman–Crippen MR) is 357 cm³/mol. The van der Waals surface area contributed by atoms with Crippen molar-refractivity contribution < 1.29 is 52.9 Å². The molecule has 87 heavy (non-hydrogen) atoms. The molecule has 0 unspecified atom stereocenters. The Hall–Kier alpha value is -3.48. The van der Waals surface area contributed by atoms with Crippen LogP contribution in [0.1, 0.15) is 329 Å². The lowest BCUT2D eigenvalue weighted by Gasteiger charge is -2.25. The zero-order valence-corrected chi connectivity index (χ0v) is 56.6. The van der Waals surface area contributed by atoms with Gasteiger partial charge in [0.2, 0.25) is 17.7 Å². The molecule has 0 spiro atoms. The lowest BCUT2D eigenvalue weighted by atomic mass is 10.0. The molecule has 0 aromatic heterocycles. The summed E-state index contributed by atoms with van der Waals surface area (Å²) in [5.41, 5.74) is 17.4. The molecule has 0 radical (unpaired) electrons. The van der Waals surface area contributed by atoms with Crippen LogP contribution in [-0.2, 0) is 47.8 Å². The number of carboxylic acids is 1. The maximum absolute atomic E-state index is 14.4. The summed E-state index contributed by atoms with van der Waals surface area (Å²) < 4.78 is 17.2. The highest BCUT2D eigenvalue weighted by Gasteiger charge is 2.32. The van der Waals surface area contributed by atoms with Gasteiger partial charge in [0, 0.05) is 30.8 Å². The van der Waals surface area contributed by atoms with E-state index in [9.17, 15) is 38.7 Å². The molecule has 510 valence electrons. The number of nitrogens with one attached hydrogen (secondary N) is 3. The van der Waals surface area contributed by atoms with Crippen molar-refractivity contribution in [3.05, 3.63) is 0 Å². The summed E-state index contributed by atoms with van der Waals surface area (Å²) in [7, 11) is 0. The maximum Gasteiger partial charge on any atom is 0.326 e. The Morgan fingerprint density at radius 2 is 0.759 bits per heavy atom. The molecule has 3 amide bonds. The second-order valence-corrected chi connectivity index (χ2v) is 25.8. The highest BCUT2D eigenvalue weighted by molar-refractivity contribution is 7.99. The van der Waals surface area contributed by atoms with Crippen LogP contribution in [0.25, 0.3) is 0 Å². The first-order valence-corrected chi connectivity index (χ1v) is 36.9. The lowest BCUT2D eigenvalue weighted by molar-refractivity contribution is -0.157. The first-order chi connectivity index (χ1) is 42.3. The summed E-state index contributed by atoms with van der Waals surface area (Å²) in [5, 5.41) is 18.0. The average molecular weight is 1250 g/mol. The molecule has 5 atom stereocenters. The van der Waals surface area contributed by atoms with Crippen LogP contribution in [0.5, 0.6) is 0 Å². The Morgan fingerprint density at radius 3 is 1.17 bits per heavy atom. The number of esters is 3. The summed E-state index contributed by atoms with van der Waals surface area (Å²) in [5.74, 6) is -4.84. The minimum Gasteiger partial charge on any atom is -0.480 e. The molecule has 0 fully saturated rings. The average Bonchev–Trinajstić information content (AvgIpc) is 3.70. The standard InChI is InChI=1S/C69H132N6O11S/c1-4-7-10-13-16-19-22-25-28-31-34-37-40-49-63(76)73-62(67(80)75-61(55-85-69(83)59(72)47-43-45-52-70)66(79)74-60(68(81)82)48-44-46-53-71)57-87-56-58(86-65(78)51-42-39-36-33-30-27-24-21-18-15-12-9-6-3)54-84-64(77)50-41-38-35-32-29-26-23-20-17-14-11-8-5-2/h58-62H,4-57,70-72H2,1-3H3,(H,73,76)(H,74,79)(H,75,80)(H,81,82)/t58-,59+,60+,61+,62+/m1/s1. The van der Waals surface area contributed by atoms with Crippen molar-refractivity contribution in [2.24, 2.45) is 17.2 Å². The molecular weight excluding hydrogens is 1120 g/mol. The van der Waals surface area contributed by atoms with Crippen LogP contribution in [0.3, 0.4) is 0 Å². The molecule has 0 saturated heterocycles. The normalized spacial score (nSPS) is 13.1. The van der Waals surface area contributed by atoms with Gasteiger partial charge >= 0.3 is 23.9 Å². The number of rotatable bonds is 66. The largest absolute Gasteiger partial charge is 0.480 e. The van der Waals surface area contributed by atoms with E-state index in [2.05, 4.69) is 36.7 Å². The number of unbranched alkanes of at least 4 members (excludes halogenated alkanes) is 38. The van der Waals surface area contributed by atoms with Gasteiger partial charge in [0.25, 0.3) is 0 Å². The third-order valence-corrected chi connectivity index (χ3v) is 17.5. The molecule has 0 rings (SSSR count). The fourth-order valence-electron chi connectivity index (χ4n) is 10.6. The van der Waals surface area contributed by atoms with Gasteiger partial charge in [0.15, 0.2) is 0 Å². The summed E-state index contributed by atoms with van der Waals surface area (Å²) >= 11 is 1.22. The number of hydrogen-bond acceptors (Lipinski definition) is 14. The van der Waals surface area contributed by atoms with Crippen LogP contribution in [-0.4, -0.2) is 115 Å². The monoisotopic (exact) mass is 1250 g/mol. The molecule has 0 aromatic rings. The zero-order valence-electron chi connectivity index (χ0n) is 55.7. The van der Waals surface area contributed by atoms with Crippen molar-refractivity contribution in [1.82, 2.24) is 16.0 Å². The summed E-state index contributed by atoms with van der Waals surface area (Å²) in [6.45, 7) is 6.63. The zero-order chi connectivity index (χ0) is 64.1. The van der Waals surface area contributed by atoms with Gasteiger partial charge in [0.1, 0.15) is 43.5 Å². The first-order valence-electron chi connectivity index (χ1n) is 35.7. The molecule has 0 saturated carbocycles. The SMILES string of the molecule is CCCCCCCCCCCCCCCC(=O)N[C@@H](CSC[C@@H](COC(=O)CCCCCCCCCCCCCCC)OC(=O)CCCCCCCCCCCCCCC)C(=O)N[C@@H](COC(=O)[C@@H](N)CCCCN)C(=O)N[C@@H](CCCCN)C(=O)O. The number of carbonyl (C=O) groups is 7. The highest BCUT2D eigenvalue weighted by atomic mass is 32.2. The Balaban J connectivity index is 6.15. The van der Waals surface area contributed by atoms with E-state index >= 15 is 0 Å². The number of nitrogens with two attached hydrogens (primary N) is 3. The smallest absolute Gasteiger partial charge is 0.326 e. The van der Waals surface area contributed by atoms with Gasteiger partial charge < -0.3 is 52.5 Å². The van der Waals surface area contributed by atoms with E-state index < -0.39 is 66.6 Å². The number of hydrogen-bond donors (Lipinski definition) is 7. The van der Waals surface area contributed by atoms with Crippen LogP contribution in [0.15, 0.2) is 0 Å². The Morgan fingerprint density at radius 1 is 0.391 bits per heavy atom. The highest BCUT2D eigenvalue weighted by Crippen LogP contribution is 2.19. The van der Waals surface area contributed by atoms with E-state index in [1.54, 1.807) is 0 Å². The van der Waals surface area contributed by atoms with Crippen LogP contribution >= 0.6 is 11.8 Å². The molecule has 0 aliphatic carbocycles. The van der Waals surface area contributed by atoms with Crippen molar-refractivity contribution in [2.75, 3.05) is 37.8 Å². The minimum absolute atomic E-state index is 0.0347. The molecule has 0 aliphatic heterocycles. The van der Waals surface area contributed by atoms with E-state index in [-0.39, 0.29) is 62.1 Å². The van der Waals surface area contributed by atoms with E-state index in [4.69, 9.17) is 31.4 Å². The van der Waals surface area contributed by atoms with E-state index in [1.807, 2.05) is 0 Å². The molecule has 18 heteroatoms. The van der Waals surface area contributed by atoms with Gasteiger partial charge in [-0.15, -0.1) is 0 Å². The van der Waals surface area contributed by atoms with Gasteiger partial charge in [-0.05, 0) is 64.5 Å². The third-order valence-electron chi connectivity index (χ3n) is 16.3. The van der Waals surface area contributed by atoms with Crippen molar-refractivity contribution in [1.29, 1.82) is 0 Å². The third kappa shape index (κ3) is 54.0. The molecule has 17 nitrogen and oxygen atoms in total. The number of carbonyl (C=O) groups excluding carboxylic acids is 6. The fourth-order valence-corrected chi connectivity index (χ4v) is 11.7. The Kier molecular flexibility index (Phi) is 60.2. The number of aliphatic carboxylic acids is 1. The van der Waals surface area contributed by atoms with Crippen LogP contribution in [0.4, 0.5) is 0 Å². The molecule has 0 bridgehead atoms. The molecule has 0 aliphatic rings. The van der Waals surface area contributed by atoms with Gasteiger partial charge in [-0.2, -0.15) is 11.8 Å². The number of amides is 3. The topological polar surface area (TPSA) is 282 Å².